The first kappa shape index (κ1) is 62.1. The van der Waals surface area contributed by atoms with Gasteiger partial charge >= 0.3 is 17.9 Å². The fraction of sp³-hybridized carbons (Fsp3) is 0.914. The van der Waals surface area contributed by atoms with Crippen molar-refractivity contribution >= 4 is 17.9 Å². The standard InChI is InChI=1S/C58H110O6/c1-4-7-10-13-16-19-22-25-28-29-31-33-36-39-42-45-48-51-57(60)63-54-55(53-62-56(59)50-47-44-41-38-35-32-27-24-21-18-15-12-9-6-3)64-58(61)52-49-46-43-40-37-34-30-26-23-20-17-14-11-8-5-2/h25,28,55H,4-24,26-27,29-54H2,1-3H3/b28-25-/t55-/m1/s1. The van der Waals surface area contributed by atoms with E-state index in [9.17, 15) is 14.4 Å². The molecule has 0 rings (SSSR count). The Balaban J connectivity index is 4.31. The smallest absolute Gasteiger partial charge is 0.306 e. The fourth-order valence-electron chi connectivity index (χ4n) is 8.68. The predicted octanol–water partition coefficient (Wildman–Crippen LogP) is 18.9. The SMILES string of the molecule is CCCCCCCC/C=C\CCCCCCCCCC(=O)OC[C@@H](COC(=O)CCCCCCCCCCCCCCCC)OC(=O)CCCCCCCCCCCCCCCCC. The maximum Gasteiger partial charge on any atom is 0.306 e. The van der Waals surface area contributed by atoms with E-state index in [1.54, 1.807) is 0 Å². The van der Waals surface area contributed by atoms with E-state index in [0.29, 0.717) is 19.3 Å². The van der Waals surface area contributed by atoms with Crippen LogP contribution in [0.5, 0.6) is 0 Å². The van der Waals surface area contributed by atoms with Gasteiger partial charge < -0.3 is 14.2 Å². The summed E-state index contributed by atoms with van der Waals surface area (Å²) in [4.78, 5) is 38.1. The molecular formula is C58H110O6. The molecule has 0 saturated carbocycles. The van der Waals surface area contributed by atoms with Crippen molar-refractivity contribution in [2.24, 2.45) is 0 Å². The molecule has 0 fully saturated rings. The van der Waals surface area contributed by atoms with Crippen LogP contribution < -0.4 is 0 Å². The average Bonchev–Trinajstić information content (AvgIpc) is 3.29. The lowest BCUT2D eigenvalue weighted by Gasteiger charge is -2.18. The highest BCUT2D eigenvalue weighted by Gasteiger charge is 2.19. The molecule has 0 heterocycles. The van der Waals surface area contributed by atoms with Crippen molar-refractivity contribution in [2.75, 3.05) is 13.2 Å². The van der Waals surface area contributed by atoms with Crippen LogP contribution in [0.25, 0.3) is 0 Å². The van der Waals surface area contributed by atoms with Crippen LogP contribution in [0.4, 0.5) is 0 Å². The van der Waals surface area contributed by atoms with Gasteiger partial charge in [0.25, 0.3) is 0 Å². The van der Waals surface area contributed by atoms with E-state index in [-0.39, 0.29) is 31.1 Å². The Kier molecular flexibility index (Phi) is 52.2. The van der Waals surface area contributed by atoms with E-state index in [1.165, 1.54) is 225 Å². The van der Waals surface area contributed by atoms with Crippen molar-refractivity contribution in [3.05, 3.63) is 12.2 Å². The Labute approximate surface area is 399 Å². The second kappa shape index (κ2) is 53.8. The van der Waals surface area contributed by atoms with Crippen molar-refractivity contribution in [3.8, 4) is 0 Å². The number of esters is 3. The molecule has 64 heavy (non-hydrogen) atoms. The topological polar surface area (TPSA) is 78.9 Å². The van der Waals surface area contributed by atoms with Gasteiger partial charge in [0.2, 0.25) is 0 Å². The van der Waals surface area contributed by atoms with Gasteiger partial charge in [-0.1, -0.05) is 270 Å². The third kappa shape index (κ3) is 51.1. The van der Waals surface area contributed by atoms with E-state index in [2.05, 4.69) is 32.9 Å². The van der Waals surface area contributed by atoms with E-state index in [1.807, 2.05) is 0 Å². The molecule has 0 N–H and O–H groups in total. The number of hydrogen-bond donors (Lipinski definition) is 0. The number of carbonyl (C=O) groups is 3. The van der Waals surface area contributed by atoms with Gasteiger partial charge in [0.1, 0.15) is 13.2 Å². The molecule has 6 nitrogen and oxygen atoms in total. The summed E-state index contributed by atoms with van der Waals surface area (Å²) < 4.78 is 16.9. The molecule has 0 aliphatic heterocycles. The van der Waals surface area contributed by atoms with Crippen LogP contribution in [0.3, 0.4) is 0 Å². The Morgan fingerprint density at radius 2 is 0.516 bits per heavy atom. The van der Waals surface area contributed by atoms with Crippen LogP contribution in [0.15, 0.2) is 12.2 Å². The van der Waals surface area contributed by atoms with Crippen molar-refractivity contribution in [1.82, 2.24) is 0 Å². The normalized spacial score (nSPS) is 12.0. The molecular weight excluding hydrogens is 793 g/mol. The van der Waals surface area contributed by atoms with Gasteiger partial charge in [0.05, 0.1) is 0 Å². The van der Waals surface area contributed by atoms with E-state index >= 15 is 0 Å². The summed E-state index contributed by atoms with van der Waals surface area (Å²) >= 11 is 0. The molecule has 0 aromatic heterocycles. The van der Waals surface area contributed by atoms with Crippen LogP contribution in [0.2, 0.25) is 0 Å². The van der Waals surface area contributed by atoms with Gasteiger partial charge in [-0.25, -0.2) is 0 Å². The second-order valence-corrected chi connectivity index (χ2v) is 19.6. The Hall–Kier alpha value is -1.85. The van der Waals surface area contributed by atoms with Crippen LogP contribution in [-0.4, -0.2) is 37.2 Å². The monoisotopic (exact) mass is 903 g/mol. The van der Waals surface area contributed by atoms with Crippen molar-refractivity contribution in [1.29, 1.82) is 0 Å². The minimum absolute atomic E-state index is 0.0652. The predicted molar refractivity (Wildman–Crippen MR) is 275 cm³/mol. The van der Waals surface area contributed by atoms with Gasteiger partial charge in [-0.2, -0.15) is 0 Å². The van der Waals surface area contributed by atoms with Crippen molar-refractivity contribution < 1.29 is 28.6 Å². The zero-order valence-corrected chi connectivity index (χ0v) is 43.3. The number of hydrogen-bond acceptors (Lipinski definition) is 6. The largest absolute Gasteiger partial charge is 0.462 e. The van der Waals surface area contributed by atoms with Crippen molar-refractivity contribution in [2.45, 2.75) is 329 Å². The highest BCUT2D eigenvalue weighted by atomic mass is 16.6. The maximum atomic E-state index is 12.8. The summed E-state index contributed by atoms with van der Waals surface area (Å²) in [6, 6.07) is 0. The molecule has 6 heteroatoms. The molecule has 0 aromatic rings. The summed E-state index contributed by atoms with van der Waals surface area (Å²) in [5.41, 5.74) is 0. The van der Waals surface area contributed by atoms with E-state index in [4.69, 9.17) is 14.2 Å². The molecule has 0 amide bonds. The summed E-state index contributed by atoms with van der Waals surface area (Å²) in [7, 11) is 0. The molecule has 0 unspecified atom stereocenters. The molecule has 0 spiro atoms. The lowest BCUT2D eigenvalue weighted by atomic mass is 10.0. The van der Waals surface area contributed by atoms with Gasteiger partial charge in [0.15, 0.2) is 6.10 Å². The first-order valence-corrected chi connectivity index (χ1v) is 28.7. The number of rotatable bonds is 53. The zero-order valence-electron chi connectivity index (χ0n) is 43.3. The van der Waals surface area contributed by atoms with Gasteiger partial charge in [0, 0.05) is 19.3 Å². The van der Waals surface area contributed by atoms with Crippen molar-refractivity contribution in [3.63, 3.8) is 0 Å². The number of unbranched alkanes of at least 4 members (excludes halogenated alkanes) is 40. The Morgan fingerprint density at radius 1 is 0.297 bits per heavy atom. The average molecular weight is 904 g/mol. The zero-order chi connectivity index (χ0) is 46.5. The quantitative estimate of drug-likeness (QED) is 0.0262. The fourth-order valence-corrected chi connectivity index (χ4v) is 8.68. The molecule has 0 radical (unpaired) electrons. The molecule has 0 aliphatic rings. The number of ether oxygens (including phenoxy) is 3. The molecule has 0 aromatic carbocycles. The van der Waals surface area contributed by atoms with Crippen LogP contribution in [0, 0.1) is 0 Å². The molecule has 0 saturated heterocycles. The lowest BCUT2D eigenvalue weighted by Crippen LogP contribution is -2.30. The van der Waals surface area contributed by atoms with E-state index in [0.717, 1.165) is 57.8 Å². The Morgan fingerprint density at radius 3 is 0.781 bits per heavy atom. The maximum absolute atomic E-state index is 12.8. The Bertz CT molecular complexity index is 993. The molecule has 378 valence electrons. The third-order valence-electron chi connectivity index (χ3n) is 13.0. The van der Waals surface area contributed by atoms with Gasteiger partial charge in [-0.15, -0.1) is 0 Å². The van der Waals surface area contributed by atoms with E-state index < -0.39 is 6.10 Å². The van der Waals surface area contributed by atoms with Crippen LogP contribution in [0.1, 0.15) is 323 Å². The summed E-state index contributed by atoms with van der Waals surface area (Å²) in [6.45, 7) is 6.69. The first-order chi connectivity index (χ1) is 31.5. The highest BCUT2D eigenvalue weighted by molar-refractivity contribution is 5.71. The van der Waals surface area contributed by atoms with Gasteiger partial charge in [-0.05, 0) is 44.9 Å². The minimum Gasteiger partial charge on any atom is -0.462 e. The summed E-state index contributed by atoms with van der Waals surface area (Å²) in [5.74, 6) is -0.846. The summed E-state index contributed by atoms with van der Waals surface area (Å²) in [6.07, 6.45) is 60.5. The molecule has 0 aliphatic carbocycles. The number of carbonyl (C=O) groups excluding carboxylic acids is 3. The molecule has 0 bridgehead atoms. The molecule has 1 atom stereocenters. The number of allylic oxidation sites excluding steroid dienone is 2. The van der Waals surface area contributed by atoms with Crippen LogP contribution in [-0.2, 0) is 28.6 Å². The first-order valence-electron chi connectivity index (χ1n) is 28.7. The van der Waals surface area contributed by atoms with Gasteiger partial charge in [-0.3, -0.25) is 14.4 Å². The third-order valence-corrected chi connectivity index (χ3v) is 13.0. The second-order valence-electron chi connectivity index (χ2n) is 19.6. The highest BCUT2D eigenvalue weighted by Crippen LogP contribution is 2.17. The summed E-state index contributed by atoms with van der Waals surface area (Å²) in [5, 5.41) is 0. The lowest BCUT2D eigenvalue weighted by molar-refractivity contribution is -0.167. The minimum atomic E-state index is -0.765. The van der Waals surface area contributed by atoms with Crippen LogP contribution >= 0.6 is 0 Å².